The molecule has 62 valence electrons. The number of thioether (sulfide) groups is 1. The molecule has 0 fully saturated rings. The Labute approximate surface area is 89.3 Å². The van der Waals surface area contributed by atoms with Gasteiger partial charge in [-0.2, -0.15) is 0 Å². The average molecular weight is 290 g/mol. The first-order valence-corrected chi connectivity index (χ1v) is 5.16. The average Bonchev–Trinajstić information content (AvgIpc) is 2.09. The maximum Gasteiger partial charge on any atom is 0.119 e. The lowest BCUT2D eigenvalue weighted by Gasteiger charge is -2.01. The fraction of sp³-hybridized carbons (Fsp3) is 0. The Morgan fingerprint density at radius 1 is 1.42 bits per heavy atom. The van der Waals surface area contributed by atoms with Crippen molar-refractivity contribution in [3.05, 3.63) is 34.3 Å². The van der Waals surface area contributed by atoms with Crippen LogP contribution in [0.15, 0.2) is 29.8 Å². The van der Waals surface area contributed by atoms with Crippen LogP contribution in [0.3, 0.4) is 0 Å². The molecule has 12 heavy (non-hydrogen) atoms. The van der Waals surface area contributed by atoms with Gasteiger partial charge in [-0.05, 0) is 34.1 Å². The summed E-state index contributed by atoms with van der Waals surface area (Å²) < 4.78 is 0.933. The van der Waals surface area contributed by atoms with E-state index in [4.69, 9.17) is 0 Å². The summed E-state index contributed by atoms with van der Waals surface area (Å²) >= 11 is 3.68. The molecule has 0 aliphatic heterocycles. The van der Waals surface area contributed by atoms with Crippen molar-refractivity contribution in [1.82, 2.24) is 9.97 Å². The summed E-state index contributed by atoms with van der Waals surface area (Å²) in [5.41, 5.74) is 0.860. The molecular weight excluding hydrogens is 283 g/mol. The van der Waals surface area contributed by atoms with Gasteiger partial charge in [-0.15, -0.1) is 0 Å². The molecular formula is C8H7IN2S. The van der Waals surface area contributed by atoms with Crippen LogP contribution in [0.1, 0.15) is 5.69 Å². The van der Waals surface area contributed by atoms with Gasteiger partial charge in [0.2, 0.25) is 0 Å². The SMILES string of the molecule is C=CSc1c(I)ncnc1C=C. The van der Waals surface area contributed by atoms with E-state index in [0.717, 1.165) is 14.3 Å². The molecule has 1 aromatic heterocycles. The second-order valence-corrected chi connectivity index (χ2v) is 3.87. The van der Waals surface area contributed by atoms with Crippen LogP contribution in [0.4, 0.5) is 0 Å². The summed E-state index contributed by atoms with van der Waals surface area (Å²) in [5.74, 6) is 0. The lowest BCUT2D eigenvalue weighted by Crippen LogP contribution is -1.91. The van der Waals surface area contributed by atoms with Crippen LogP contribution >= 0.6 is 34.4 Å². The van der Waals surface area contributed by atoms with Crippen molar-refractivity contribution >= 4 is 40.4 Å². The van der Waals surface area contributed by atoms with Gasteiger partial charge in [-0.3, -0.25) is 0 Å². The van der Waals surface area contributed by atoms with E-state index in [1.807, 2.05) is 0 Å². The molecule has 1 rings (SSSR count). The minimum absolute atomic E-state index is 0.860. The lowest BCUT2D eigenvalue weighted by atomic mass is 10.4. The molecule has 0 bridgehead atoms. The maximum absolute atomic E-state index is 4.07. The largest absolute Gasteiger partial charge is 0.236 e. The number of hydrogen-bond donors (Lipinski definition) is 0. The van der Waals surface area contributed by atoms with Crippen molar-refractivity contribution in [2.45, 2.75) is 4.90 Å². The van der Waals surface area contributed by atoms with E-state index >= 15 is 0 Å². The van der Waals surface area contributed by atoms with E-state index in [9.17, 15) is 0 Å². The van der Waals surface area contributed by atoms with Gasteiger partial charge < -0.3 is 0 Å². The van der Waals surface area contributed by atoms with Crippen molar-refractivity contribution in [2.75, 3.05) is 0 Å². The van der Waals surface area contributed by atoms with E-state index in [2.05, 4.69) is 45.7 Å². The Bertz CT molecular complexity index is 312. The molecule has 0 atom stereocenters. The summed E-state index contributed by atoms with van der Waals surface area (Å²) in [5, 5.41) is 1.76. The Hall–Kier alpha value is -0.360. The summed E-state index contributed by atoms with van der Waals surface area (Å²) in [4.78, 5) is 9.16. The molecule has 0 N–H and O–H groups in total. The van der Waals surface area contributed by atoms with Gasteiger partial charge in [0.05, 0.1) is 10.6 Å². The highest BCUT2D eigenvalue weighted by atomic mass is 127. The highest BCUT2D eigenvalue weighted by Gasteiger charge is 2.04. The summed E-state index contributed by atoms with van der Waals surface area (Å²) in [6.45, 7) is 7.32. The number of halogens is 1. The van der Waals surface area contributed by atoms with Gasteiger partial charge >= 0.3 is 0 Å². The van der Waals surface area contributed by atoms with Crippen molar-refractivity contribution in [2.24, 2.45) is 0 Å². The fourth-order valence-electron chi connectivity index (χ4n) is 0.702. The predicted molar refractivity (Wildman–Crippen MR) is 60.9 cm³/mol. The van der Waals surface area contributed by atoms with Crippen molar-refractivity contribution in [3.63, 3.8) is 0 Å². The Balaban J connectivity index is 3.18. The smallest absolute Gasteiger partial charge is 0.119 e. The summed E-state index contributed by atoms with van der Waals surface area (Å²) in [7, 11) is 0. The third kappa shape index (κ3) is 2.07. The molecule has 0 aliphatic carbocycles. The molecule has 0 amide bonds. The second kappa shape index (κ2) is 4.61. The van der Waals surface area contributed by atoms with Gasteiger partial charge in [-0.1, -0.05) is 24.9 Å². The Morgan fingerprint density at radius 2 is 2.17 bits per heavy atom. The van der Waals surface area contributed by atoms with Gasteiger partial charge in [0.25, 0.3) is 0 Å². The highest BCUT2D eigenvalue weighted by Crippen LogP contribution is 2.26. The van der Waals surface area contributed by atoms with Crippen LogP contribution in [0, 0.1) is 3.70 Å². The Kier molecular flexibility index (Phi) is 3.74. The minimum Gasteiger partial charge on any atom is -0.236 e. The predicted octanol–water partition coefficient (Wildman–Crippen LogP) is 2.96. The zero-order chi connectivity index (χ0) is 8.97. The third-order valence-corrected chi connectivity index (χ3v) is 3.17. The molecule has 1 aromatic rings. The molecule has 0 unspecified atom stereocenters. The van der Waals surface area contributed by atoms with Crippen molar-refractivity contribution in [1.29, 1.82) is 0 Å². The van der Waals surface area contributed by atoms with Crippen LogP contribution in [-0.2, 0) is 0 Å². The molecule has 0 saturated heterocycles. The van der Waals surface area contributed by atoms with Gasteiger partial charge in [0.1, 0.15) is 10.0 Å². The van der Waals surface area contributed by atoms with E-state index < -0.39 is 0 Å². The summed E-state index contributed by atoms with van der Waals surface area (Å²) in [6, 6.07) is 0. The van der Waals surface area contributed by atoms with Gasteiger partial charge in [0, 0.05) is 0 Å². The van der Waals surface area contributed by atoms with Crippen LogP contribution in [0.2, 0.25) is 0 Å². The molecule has 2 nitrogen and oxygen atoms in total. The van der Waals surface area contributed by atoms with Crippen molar-refractivity contribution < 1.29 is 0 Å². The molecule has 1 heterocycles. The molecule has 0 spiro atoms. The molecule has 0 radical (unpaired) electrons. The first kappa shape index (κ1) is 9.73. The molecule has 0 aromatic carbocycles. The topological polar surface area (TPSA) is 25.8 Å². The first-order valence-electron chi connectivity index (χ1n) is 3.20. The maximum atomic E-state index is 4.07. The number of aromatic nitrogens is 2. The van der Waals surface area contributed by atoms with Crippen LogP contribution in [0.5, 0.6) is 0 Å². The van der Waals surface area contributed by atoms with E-state index in [1.165, 1.54) is 18.1 Å². The normalized spacial score (nSPS) is 9.42. The van der Waals surface area contributed by atoms with Gasteiger partial charge in [0.15, 0.2) is 0 Å². The zero-order valence-electron chi connectivity index (χ0n) is 6.33. The molecule has 4 heteroatoms. The van der Waals surface area contributed by atoms with Crippen molar-refractivity contribution in [3.8, 4) is 0 Å². The fourth-order valence-corrected chi connectivity index (χ4v) is 2.06. The Morgan fingerprint density at radius 3 is 2.75 bits per heavy atom. The van der Waals surface area contributed by atoms with Crippen LogP contribution in [-0.4, -0.2) is 9.97 Å². The standard InChI is InChI=1S/C8H7IN2S/c1-3-6-7(12-4-2)8(9)11-5-10-6/h3-5H,1-2H2. The minimum atomic E-state index is 0.860. The number of rotatable bonds is 3. The zero-order valence-corrected chi connectivity index (χ0v) is 9.30. The van der Waals surface area contributed by atoms with E-state index in [1.54, 1.807) is 11.5 Å². The van der Waals surface area contributed by atoms with Gasteiger partial charge in [-0.25, -0.2) is 9.97 Å². The third-order valence-electron chi connectivity index (χ3n) is 1.18. The highest BCUT2D eigenvalue weighted by molar-refractivity contribution is 14.1. The quantitative estimate of drug-likeness (QED) is 0.486. The van der Waals surface area contributed by atoms with E-state index in [0.29, 0.717) is 0 Å². The first-order chi connectivity index (χ1) is 5.79. The van der Waals surface area contributed by atoms with E-state index in [-0.39, 0.29) is 0 Å². The number of nitrogens with zero attached hydrogens (tertiary/aromatic N) is 2. The molecule has 0 saturated carbocycles. The molecule has 0 aliphatic rings. The summed E-state index contributed by atoms with van der Waals surface area (Å²) in [6.07, 6.45) is 3.25. The lowest BCUT2D eigenvalue weighted by molar-refractivity contribution is 1.04. The van der Waals surface area contributed by atoms with Crippen LogP contribution < -0.4 is 0 Å². The number of hydrogen-bond acceptors (Lipinski definition) is 3. The monoisotopic (exact) mass is 290 g/mol. The second-order valence-electron chi connectivity index (χ2n) is 1.87. The van der Waals surface area contributed by atoms with Crippen LogP contribution in [0.25, 0.3) is 6.08 Å².